The summed E-state index contributed by atoms with van der Waals surface area (Å²) in [6.45, 7) is 8.91. The standard InChI is InChI=1S/C38H47N9O5.C2HF3O2/c1-38(2,3)52-37(50)41-24-26-6-10-29(11-7-26)36(49)47(31-14-12-28(13-15-31)35-42-44-45-43-35)32(34(39)48)22-25-4-8-27(9-5-25)30-16-17-40-33(23-30)46-18-20-51-21-19-46;3-2(4,5)1(6)7/h4-5,8-9,12-17,23,26,29,32H,6-7,10-11,18-22,24H2,1-3H3,(H2,39,48)(H,41,50)(H,42,43,44,45);(H,6,7)/t26-,29-,32-;/m0./s1. The minimum absolute atomic E-state index is 0.154. The summed E-state index contributed by atoms with van der Waals surface area (Å²) in [6.07, 6.45) is -0.736. The summed E-state index contributed by atoms with van der Waals surface area (Å²) in [5.74, 6) is -2.28. The monoisotopic (exact) mass is 823 g/mol. The quantitative estimate of drug-likeness (QED) is 0.154. The Hall–Kier alpha value is -6.11. The maximum Gasteiger partial charge on any atom is 0.490 e. The number of nitrogens with one attached hydrogen (secondary N) is 2. The lowest BCUT2D eigenvalue weighted by Gasteiger charge is -2.36. The number of carbonyl (C=O) groups excluding carboxylic acids is 3. The van der Waals surface area contributed by atoms with Crippen molar-refractivity contribution in [1.82, 2.24) is 30.9 Å². The fraction of sp³-hybridized carbons (Fsp3) is 0.450. The molecule has 316 valence electrons. The average molecular weight is 824 g/mol. The molecule has 0 unspecified atom stereocenters. The minimum atomic E-state index is -5.08. The normalized spacial score (nSPS) is 17.5. The van der Waals surface area contributed by atoms with Crippen molar-refractivity contribution < 1.29 is 46.9 Å². The summed E-state index contributed by atoms with van der Waals surface area (Å²) < 4.78 is 42.6. The summed E-state index contributed by atoms with van der Waals surface area (Å²) in [6, 6.07) is 18.3. The number of primary amides is 1. The molecule has 1 saturated carbocycles. The first-order valence-electron chi connectivity index (χ1n) is 19.1. The van der Waals surface area contributed by atoms with Crippen molar-refractivity contribution in [2.45, 2.75) is 70.7 Å². The molecule has 0 bridgehead atoms. The first-order chi connectivity index (χ1) is 28.0. The summed E-state index contributed by atoms with van der Waals surface area (Å²) in [4.78, 5) is 57.2. The molecule has 0 spiro atoms. The van der Waals surface area contributed by atoms with Crippen LogP contribution in [-0.2, 0) is 30.3 Å². The van der Waals surface area contributed by atoms with E-state index >= 15 is 0 Å². The Morgan fingerprint density at radius 2 is 1.59 bits per heavy atom. The van der Waals surface area contributed by atoms with Crippen LogP contribution in [0.1, 0.15) is 52.0 Å². The van der Waals surface area contributed by atoms with E-state index in [9.17, 15) is 27.6 Å². The number of carboxylic acids is 1. The van der Waals surface area contributed by atoms with E-state index in [1.165, 1.54) is 0 Å². The van der Waals surface area contributed by atoms with Gasteiger partial charge in [0.15, 0.2) is 0 Å². The number of nitrogens with zero attached hydrogens (tertiary/aromatic N) is 6. The molecule has 5 N–H and O–H groups in total. The lowest BCUT2D eigenvalue weighted by Crippen LogP contribution is -2.52. The van der Waals surface area contributed by atoms with Gasteiger partial charge in [0.25, 0.3) is 0 Å². The van der Waals surface area contributed by atoms with Gasteiger partial charge in [0, 0.05) is 49.4 Å². The highest BCUT2D eigenvalue weighted by molar-refractivity contribution is 6.01. The van der Waals surface area contributed by atoms with Gasteiger partial charge in [-0.15, -0.1) is 10.2 Å². The number of H-pyrrole nitrogens is 1. The van der Waals surface area contributed by atoms with Gasteiger partial charge >= 0.3 is 18.2 Å². The Labute approximate surface area is 338 Å². The van der Waals surface area contributed by atoms with Gasteiger partial charge < -0.3 is 30.5 Å². The Morgan fingerprint density at radius 1 is 0.966 bits per heavy atom. The smallest absolute Gasteiger partial charge is 0.475 e. The zero-order chi connectivity index (χ0) is 42.7. The van der Waals surface area contributed by atoms with Crippen molar-refractivity contribution in [2.75, 3.05) is 42.6 Å². The Bertz CT molecular complexity index is 2010. The predicted molar refractivity (Wildman–Crippen MR) is 210 cm³/mol. The van der Waals surface area contributed by atoms with Crippen LogP contribution in [0.15, 0.2) is 66.9 Å². The summed E-state index contributed by atoms with van der Waals surface area (Å²) in [7, 11) is 0. The topological polar surface area (TPSA) is 219 Å². The van der Waals surface area contributed by atoms with Gasteiger partial charge in [-0.2, -0.15) is 18.4 Å². The third-order valence-corrected chi connectivity index (χ3v) is 9.80. The third-order valence-electron chi connectivity index (χ3n) is 9.80. The number of benzene rings is 2. The van der Waals surface area contributed by atoms with E-state index in [1.54, 1.807) is 29.2 Å². The summed E-state index contributed by atoms with van der Waals surface area (Å²) >= 11 is 0. The van der Waals surface area contributed by atoms with Crippen LogP contribution in [0.25, 0.3) is 22.5 Å². The van der Waals surface area contributed by atoms with Gasteiger partial charge in [0.2, 0.25) is 17.6 Å². The third kappa shape index (κ3) is 12.7. The number of ether oxygens (including phenoxy) is 2. The molecule has 3 amide bonds. The second-order valence-electron chi connectivity index (χ2n) is 15.2. The van der Waals surface area contributed by atoms with Gasteiger partial charge in [-0.05, 0) is 111 Å². The summed E-state index contributed by atoms with van der Waals surface area (Å²) in [5.41, 5.74) is 9.70. The molecule has 2 aliphatic rings. The maximum absolute atomic E-state index is 14.5. The van der Waals surface area contributed by atoms with Crippen molar-refractivity contribution >= 4 is 35.4 Å². The maximum atomic E-state index is 14.5. The second kappa shape index (κ2) is 19.6. The van der Waals surface area contributed by atoms with Crippen LogP contribution in [-0.4, -0.2) is 105 Å². The number of rotatable bonds is 11. The van der Waals surface area contributed by atoms with Gasteiger partial charge in [-0.25, -0.2) is 14.6 Å². The zero-order valence-corrected chi connectivity index (χ0v) is 32.9. The van der Waals surface area contributed by atoms with E-state index in [4.69, 9.17) is 25.1 Å². The van der Waals surface area contributed by atoms with Crippen LogP contribution in [0.3, 0.4) is 0 Å². The van der Waals surface area contributed by atoms with Gasteiger partial charge in [0.1, 0.15) is 17.5 Å². The van der Waals surface area contributed by atoms with Crippen LogP contribution in [0, 0.1) is 11.8 Å². The average Bonchev–Trinajstić information content (AvgIpc) is 3.76. The van der Waals surface area contributed by atoms with Crippen LogP contribution in [0.5, 0.6) is 0 Å². The molecule has 1 atom stereocenters. The molecule has 2 fully saturated rings. The van der Waals surface area contributed by atoms with Crippen LogP contribution >= 0.6 is 0 Å². The number of carbonyl (C=O) groups is 4. The van der Waals surface area contributed by atoms with E-state index in [-0.39, 0.29) is 24.2 Å². The molecule has 0 radical (unpaired) electrons. The van der Waals surface area contributed by atoms with E-state index in [0.717, 1.165) is 48.4 Å². The number of nitrogens with two attached hydrogens (primary N) is 1. The Morgan fingerprint density at radius 3 is 2.15 bits per heavy atom. The number of pyridine rings is 1. The van der Waals surface area contributed by atoms with Gasteiger partial charge in [-0.3, -0.25) is 14.5 Å². The largest absolute Gasteiger partial charge is 0.490 e. The zero-order valence-electron chi connectivity index (χ0n) is 32.9. The fourth-order valence-corrected chi connectivity index (χ4v) is 6.81. The molecule has 19 heteroatoms. The second-order valence-corrected chi connectivity index (χ2v) is 15.2. The number of aromatic nitrogens is 5. The van der Waals surface area contributed by atoms with Crippen molar-refractivity contribution in [3.63, 3.8) is 0 Å². The van der Waals surface area contributed by atoms with E-state index in [2.05, 4.69) is 41.9 Å². The molecular weight excluding hydrogens is 775 g/mol. The molecule has 16 nitrogen and oxygen atoms in total. The molecule has 1 aliphatic heterocycles. The lowest BCUT2D eigenvalue weighted by molar-refractivity contribution is -0.192. The first-order valence-corrected chi connectivity index (χ1v) is 19.1. The molecule has 4 aromatic rings. The van der Waals surface area contributed by atoms with E-state index in [1.807, 2.05) is 57.3 Å². The lowest BCUT2D eigenvalue weighted by atomic mass is 9.81. The van der Waals surface area contributed by atoms with Crippen molar-refractivity contribution in [3.05, 3.63) is 72.4 Å². The number of amides is 3. The number of aliphatic carboxylic acids is 1. The highest BCUT2D eigenvalue weighted by Crippen LogP contribution is 2.34. The number of carboxylic acid groups (broad SMARTS) is 1. The van der Waals surface area contributed by atoms with Crippen LogP contribution in [0.4, 0.5) is 29.5 Å². The highest BCUT2D eigenvalue weighted by Gasteiger charge is 2.38. The predicted octanol–water partition coefficient (Wildman–Crippen LogP) is 5.16. The van der Waals surface area contributed by atoms with Gasteiger partial charge in [-0.1, -0.05) is 24.3 Å². The molecular formula is C40H48F3N9O7. The number of anilines is 2. The Balaban J connectivity index is 0.000000867. The highest BCUT2D eigenvalue weighted by atomic mass is 19.4. The van der Waals surface area contributed by atoms with Crippen molar-refractivity contribution in [3.8, 4) is 22.5 Å². The minimum Gasteiger partial charge on any atom is -0.475 e. The van der Waals surface area contributed by atoms with Crippen molar-refractivity contribution in [1.29, 1.82) is 0 Å². The molecule has 2 aromatic carbocycles. The number of hydrogen-bond acceptors (Lipinski definition) is 11. The number of aromatic amines is 1. The molecule has 6 rings (SSSR count). The fourth-order valence-electron chi connectivity index (χ4n) is 6.81. The van der Waals surface area contributed by atoms with E-state index < -0.39 is 35.8 Å². The summed E-state index contributed by atoms with van der Waals surface area (Å²) in [5, 5.41) is 24.2. The van der Waals surface area contributed by atoms with Crippen molar-refractivity contribution in [2.24, 2.45) is 17.6 Å². The first kappa shape index (κ1) is 44.0. The molecule has 59 heavy (non-hydrogen) atoms. The SMILES string of the molecule is CC(C)(C)OC(=O)NC[C@H]1CC[C@H](C(=O)N(c2ccc(-c3nn[nH]n3)cc2)[C@@H](Cc2ccc(-c3ccnc(N4CCOCC4)c3)cc2)C(N)=O)CC1.O=C(O)C(F)(F)F. The van der Waals surface area contributed by atoms with Crippen LogP contribution in [0.2, 0.25) is 0 Å². The number of hydrogen-bond donors (Lipinski definition) is 4. The Kier molecular flexibility index (Phi) is 14.6. The number of alkyl halides is 3. The molecule has 1 aliphatic carbocycles. The number of alkyl carbamates (subject to hydrolysis) is 1. The van der Waals surface area contributed by atoms with Crippen LogP contribution < -0.4 is 20.9 Å². The van der Waals surface area contributed by atoms with Gasteiger partial charge in [0.05, 0.1) is 13.2 Å². The molecule has 1 saturated heterocycles. The number of halogens is 3. The van der Waals surface area contributed by atoms with E-state index in [0.29, 0.717) is 49.7 Å². The molecule has 2 aromatic heterocycles. The molecule has 3 heterocycles. The number of morpholine rings is 1. The number of tetrazole rings is 1.